The molecule has 2 aromatic heterocycles. The topological polar surface area (TPSA) is 30.7 Å². The third kappa shape index (κ3) is 1.48. The highest BCUT2D eigenvalue weighted by Gasteiger charge is 2.17. The maximum absolute atomic E-state index is 5.84. The van der Waals surface area contributed by atoms with Crippen molar-refractivity contribution in [1.29, 1.82) is 0 Å². The SMILES string of the molecule is CC(C)(C)n1ncc2cc(Cl)cnc21. The first kappa shape index (κ1) is 9.46. The van der Waals surface area contributed by atoms with Gasteiger partial charge in [0.2, 0.25) is 0 Å². The van der Waals surface area contributed by atoms with E-state index in [4.69, 9.17) is 11.6 Å². The summed E-state index contributed by atoms with van der Waals surface area (Å²) in [4.78, 5) is 4.28. The molecule has 0 bridgehead atoms. The zero-order valence-corrected chi connectivity index (χ0v) is 9.21. The number of fused-ring (bicyclic) bond motifs is 1. The van der Waals surface area contributed by atoms with Crippen LogP contribution in [0.4, 0.5) is 0 Å². The molecular weight excluding hydrogens is 198 g/mol. The average molecular weight is 210 g/mol. The van der Waals surface area contributed by atoms with E-state index in [0.717, 1.165) is 11.0 Å². The highest BCUT2D eigenvalue weighted by Crippen LogP contribution is 2.21. The summed E-state index contributed by atoms with van der Waals surface area (Å²) in [7, 11) is 0. The van der Waals surface area contributed by atoms with Gasteiger partial charge in [-0.15, -0.1) is 0 Å². The van der Waals surface area contributed by atoms with Crippen LogP contribution in [0, 0.1) is 0 Å². The fourth-order valence-electron chi connectivity index (χ4n) is 1.39. The number of nitrogens with zero attached hydrogens (tertiary/aromatic N) is 3. The van der Waals surface area contributed by atoms with Crippen molar-refractivity contribution in [2.24, 2.45) is 0 Å². The summed E-state index contributed by atoms with van der Waals surface area (Å²) in [5, 5.41) is 5.93. The van der Waals surface area contributed by atoms with Gasteiger partial charge in [-0.2, -0.15) is 5.10 Å². The van der Waals surface area contributed by atoms with E-state index in [9.17, 15) is 0 Å². The van der Waals surface area contributed by atoms with Gasteiger partial charge >= 0.3 is 0 Å². The van der Waals surface area contributed by atoms with Gasteiger partial charge in [0, 0.05) is 11.6 Å². The number of hydrogen-bond donors (Lipinski definition) is 0. The minimum atomic E-state index is -0.0530. The van der Waals surface area contributed by atoms with Gasteiger partial charge in [0.15, 0.2) is 5.65 Å². The smallest absolute Gasteiger partial charge is 0.158 e. The van der Waals surface area contributed by atoms with E-state index in [-0.39, 0.29) is 5.54 Å². The number of aromatic nitrogens is 3. The molecule has 0 atom stereocenters. The van der Waals surface area contributed by atoms with Crippen LogP contribution in [-0.2, 0) is 5.54 Å². The van der Waals surface area contributed by atoms with E-state index in [1.165, 1.54) is 0 Å². The Morgan fingerprint density at radius 2 is 2.00 bits per heavy atom. The van der Waals surface area contributed by atoms with Gasteiger partial charge < -0.3 is 0 Å². The average Bonchev–Trinajstić information content (AvgIpc) is 2.45. The lowest BCUT2D eigenvalue weighted by molar-refractivity contribution is 0.366. The van der Waals surface area contributed by atoms with E-state index < -0.39 is 0 Å². The molecule has 0 fully saturated rings. The Labute approximate surface area is 87.7 Å². The van der Waals surface area contributed by atoms with Crippen molar-refractivity contribution in [1.82, 2.24) is 14.8 Å². The lowest BCUT2D eigenvalue weighted by Gasteiger charge is -2.19. The predicted molar refractivity (Wildman–Crippen MR) is 57.5 cm³/mol. The zero-order valence-electron chi connectivity index (χ0n) is 8.45. The summed E-state index contributed by atoms with van der Waals surface area (Å²) in [6, 6.07) is 1.87. The van der Waals surface area contributed by atoms with E-state index in [1.54, 1.807) is 12.4 Å². The molecule has 0 spiro atoms. The van der Waals surface area contributed by atoms with E-state index >= 15 is 0 Å². The number of hydrogen-bond acceptors (Lipinski definition) is 2. The molecule has 2 rings (SSSR count). The fourth-order valence-corrected chi connectivity index (χ4v) is 1.55. The Morgan fingerprint density at radius 3 is 2.64 bits per heavy atom. The maximum atomic E-state index is 5.84. The molecule has 0 aliphatic heterocycles. The van der Waals surface area contributed by atoms with E-state index in [2.05, 4.69) is 30.9 Å². The molecule has 0 radical (unpaired) electrons. The molecule has 0 N–H and O–H groups in total. The quantitative estimate of drug-likeness (QED) is 0.668. The summed E-state index contributed by atoms with van der Waals surface area (Å²) >= 11 is 5.84. The summed E-state index contributed by atoms with van der Waals surface area (Å²) in [5.74, 6) is 0. The molecule has 0 amide bonds. The first-order valence-corrected chi connectivity index (χ1v) is 4.86. The second-order valence-corrected chi connectivity index (χ2v) is 4.73. The van der Waals surface area contributed by atoms with Gasteiger partial charge in [0.1, 0.15) is 0 Å². The van der Waals surface area contributed by atoms with Crippen molar-refractivity contribution < 1.29 is 0 Å². The van der Waals surface area contributed by atoms with Crippen LogP contribution in [0.25, 0.3) is 11.0 Å². The highest BCUT2D eigenvalue weighted by molar-refractivity contribution is 6.31. The Balaban J connectivity index is 2.70. The van der Waals surface area contributed by atoms with Gasteiger partial charge in [-0.3, -0.25) is 0 Å². The maximum Gasteiger partial charge on any atom is 0.158 e. The lowest BCUT2D eigenvalue weighted by atomic mass is 10.1. The molecule has 0 unspecified atom stereocenters. The lowest BCUT2D eigenvalue weighted by Crippen LogP contribution is -2.23. The Hall–Kier alpha value is -1.09. The predicted octanol–water partition coefficient (Wildman–Crippen LogP) is 2.84. The number of halogens is 1. The van der Waals surface area contributed by atoms with Crippen molar-refractivity contribution >= 4 is 22.6 Å². The molecule has 0 saturated heterocycles. The van der Waals surface area contributed by atoms with E-state index in [1.807, 2.05) is 10.7 Å². The van der Waals surface area contributed by atoms with Crippen LogP contribution in [0.2, 0.25) is 5.02 Å². The van der Waals surface area contributed by atoms with Crippen molar-refractivity contribution in [3.63, 3.8) is 0 Å². The third-order valence-electron chi connectivity index (χ3n) is 2.01. The molecule has 0 aromatic carbocycles. The number of pyridine rings is 1. The fraction of sp³-hybridized carbons (Fsp3) is 0.400. The van der Waals surface area contributed by atoms with Gasteiger partial charge in [0.05, 0.1) is 16.8 Å². The van der Waals surface area contributed by atoms with Crippen LogP contribution in [0.5, 0.6) is 0 Å². The molecule has 74 valence electrons. The standard InChI is InChI=1S/C10H12ClN3/c1-10(2,3)14-9-7(5-13-14)4-8(11)6-12-9/h4-6H,1-3H3. The summed E-state index contributed by atoms with van der Waals surface area (Å²) in [6.45, 7) is 6.28. The first-order chi connectivity index (χ1) is 6.48. The Morgan fingerprint density at radius 1 is 1.29 bits per heavy atom. The minimum absolute atomic E-state index is 0.0530. The Kier molecular flexibility index (Phi) is 2.00. The van der Waals surface area contributed by atoms with Crippen LogP contribution in [0.1, 0.15) is 20.8 Å². The summed E-state index contributed by atoms with van der Waals surface area (Å²) < 4.78 is 1.90. The highest BCUT2D eigenvalue weighted by atomic mass is 35.5. The molecule has 3 nitrogen and oxygen atoms in total. The van der Waals surface area contributed by atoms with Crippen LogP contribution >= 0.6 is 11.6 Å². The van der Waals surface area contributed by atoms with Gasteiger partial charge in [0.25, 0.3) is 0 Å². The summed E-state index contributed by atoms with van der Waals surface area (Å²) in [5.41, 5.74) is 0.824. The zero-order chi connectivity index (χ0) is 10.3. The largest absolute Gasteiger partial charge is 0.242 e. The molecule has 0 saturated carbocycles. The van der Waals surface area contributed by atoms with Crippen molar-refractivity contribution in [3.8, 4) is 0 Å². The normalized spacial score (nSPS) is 12.3. The van der Waals surface area contributed by atoms with Crippen LogP contribution in [-0.4, -0.2) is 14.8 Å². The van der Waals surface area contributed by atoms with Gasteiger partial charge in [-0.1, -0.05) is 11.6 Å². The van der Waals surface area contributed by atoms with Gasteiger partial charge in [-0.05, 0) is 26.8 Å². The van der Waals surface area contributed by atoms with Crippen molar-refractivity contribution in [3.05, 3.63) is 23.5 Å². The second kappa shape index (κ2) is 2.95. The molecule has 4 heteroatoms. The third-order valence-corrected chi connectivity index (χ3v) is 2.22. The Bertz CT molecular complexity index is 468. The van der Waals surface area contributed by atoms with Crippen LogP contribution in [0.3, 0.4) is 0 Å². The molecule has 0 aliphatic rings. The van der Waals surface area contributed by atoms with Crippen LogP contribution < -0.4 is 0 Å². The molecule has 0 aliphatic carbocycles. The monoisotopic (exact) mass is 209 g/mol. The van der Waals surface area contributed by atoms with Crippen molar-refractivity contribution in [2.75, 3.05) is 0 Å². The van der Waals surface area contributed by atoms with E-state index in [0.29, 0.717) is 5.02 Å². The number of rotatable bonds is 0. The van der Waals surface area contributed by atoms with Crippen molar-refractivity contribution in [2.45, 2.75) is 26.3 Å². The molecular formula is C10H12ClN3. The molecule has 14 heavy (non-hydrogen) atoms. The molecule has 2 heterocycles. The summed E-state index contributed by atoms with van der Waals surface area (Å²) in [6.07, 6.45) is 3.44. The van der Waals surface area contributed by atoms with Gasteiger partial charge in [-0.25, -0.2) is 9.67 Å². The first-order valence-electron chi connectivity index (χ1n) is 4.48. The molecule has 2 aromatic rings. The minimum Gasteiger partial charge on any atom is -0.242 e. The van der Waals surface area contributed by atoms with Crippen LogP contribution in [0.15, 0.2) is 18.5 Å². The second-order valence-electron chi connectivity index (χ2n) is 4.29.